The molecule has 0 atom stereocenters. The summed E-state index contributed by atoms with van der Waals surface area (Å²) < 4.78 is 17.8. The Morgan fingerprint density at radius 3 is 2.44 bits per heavy atom. The van der Waals surface area contributed by atoms with E-state index in [0.29, 0.717) is 34.7 Å². The number of anilines is 2. The molecule has 0 unspecified atom stereocenters. The van der Waals surface area contributed by atoms with Crippen LogP contribution < -0.4 is 19.7 Å². The van der Waals surface area contributed by atoms with Gasteiger partial charge in [-0.15, -0.1) is 0 Å². The van der Waals surface area contributed by atoms with Crippen molar-refractivity contribution < 1.29 is 14.2 Å². The number of rotatable bonds is 8. The van der Waals surface area contributed by atoms with Crippen LogP contribution in [0.1, 0.15) is 11.1 Å². The lowest BCUT2D eigenvalue weighted by molar-refractivity contribution is 0.122. The average molecular weight is 587 g/mol. The Balaban J connectivity index is 1.42. The van der Waals surface area contributed by atoms with E-state index in [-0.39, 0.29) is 0 Å². The molecule has 5 nitrogen and oxygen atoms in total. The quantitative estimate of drug-likeness (QED) is 0.297. The van der Waals surface area contributed by atoms with Crippen LogP contribution in [0.15, 0.2) is 53.0 Å². The third-order valence-electron chi connectivity index (χ3n) is 5.45. The van der Waals surface area contributed by atoms with E-state index in [0.717, 1.165) is 58.3 Å². The van der Waals surface area contributed by atoms with Crippen LogP contribution >= 0.6 is 50.7 Å². The van der Waals surface area contributed by atoms with Crippen LogP contribution in [0, 0.1) is 0 Å². The standard InChI is InChI=1S/C25H24BrCl3N2O3/c1-32-24-12-17(10-19(26)25(24)34-15-16-2-4-20(27)21(28)11-16)14-30-18-3-5-23(22(29)13-18)31-6-8-33-9-7-31/h2-5,10-13,30H,6-9,14-15H2,1H3. The molecule has 180 valence electrons. The number of nitrogens with one attached hydrogen (secondary N) is 1. The lowest BCUT2D eigenvalue weighted by Gasteiger charge is -2.29. The molecule has 34 heavy (non-hydrogen) atoms. The summed E-state index contributed by atoms with van der Waals surface area (Å²) in [7, 11) is 1.62. The number of morpholine rings is 1. The molecular formula is C25H24BrCl3N2O3. The maximum absolute atomic E-state index is 6.56. The van der Waals surface area contributed by atoms with Crippen LogP contribution in [-0.4, -0.2) is 33.4 Å². The third-order valence-corrected chi connectivity index (χ3v) is 7.08. The van der Waals surface area contributed by atoms with Gasteiger partial charge in [0.25, 0.3) is 0 Å². The molecule has 3 aromatic rings. The minimum Gasteiger partial charge on any atom is -0.493 e. The Morgan fingerprint density at radius 1 is 0.941 bits per heavy atom. The first-order valence-electron chi connectivity index (χ1n) is 10.7. The molecule has 1 aliphatic rings. The highest BCUT2D eigenvalue weighted by molar-refractivity contribution is 9.10. The number of nitrogens with zero attached hydrogens (tertiary/aromatic N) is 1. The Morgan fingerprint density at radius 2 is 1.74 bits per heavy atom. The van der Waals surface area contributed by atoms with Crippen LogP contribution in [0.3, 0.4) is 0 Å². The summed E-state index contributed by atoms with van der Waals surface area (Å²) in [5.41, 5.74) is 3.91. The first kappa shape index (κ1) is 25.3. The van der Waals surface area contributed by atoms with Crippen LogP contribution in [-0.2, 0) is 17.9 Å². The number of hydrogen-bond donors (Lipinski definition) is 1. The first-order valence-corrected chi connectivity index (χ1v) is 12.7. The largest absolute Gasteiger partial charge is 0.493 e. The number of methoxy groups -OCH3 is 1. The molecule has 0 aromatic heterocycles. The molecule has 9 heteroatoms. The molecule has 4 rings (SSSR count). The van der Waals surface area contributed by atoms with Gasteiger partial charge in [0.2, 0.25) is 0 Å². The summed E-state index contributed by atoms with van der Waals surface area (Å²) in [5.74, 6) is 1.25. The van der Waals surface area contributed by atoms with Gasteiger partial charge in [-0.3, -0.25) is 0 Å². The fraction of sp³-hybridized carbons (Fsp3) is 0.280. The van der Waals surface area contributed by atoms with Gasteiger partial charge in [-0.1, -0.05) is 40.9 Å². The zero-order valence-electron chi connectivity index (χ0n) is 18.5. The molecule has 0 bridgehead atoms. The van der Waals surface area contributed by atoms with Gasteiger partial charge in [0.1, 0.15) is 6.61 Å². The van der Waals surface area contributed by atoms with E-state index < -0.39 is 0 Å². The summed E-state index contributed by atoms with van der Waals surface area (Å²) >= 11 is 22.3. The molecule has 0 amide bonds. The summed E-state index contributed by atoms with van der Waals surface area (Å²) in [6.45, 7) is 4.06. The van der Waals surface area contributed by atoms with Crippen molar-refractivity contribution in [1.29, 1.82) is 0 Å². The van der Waals surface area contributed by atoms with Gasteiger partial charge in [-0.05, 0) is 69.5 Å². The number of halogens is 4. The SMILES string of the molecule is COc1cc(CNc2ccc(N3CCOCC3)c(Cl)c2)cc(Br)c1OCc1ccc(Cl)c(Cl)c1. The zero-order chi connectivity index (χ0) is 24.1. The number of ether oxygens (including phenoxy) is 3. The summed E-state index contributed by atoms with van der Waals surface area (Å²) in [6, 6.07) is 15.4. The molecule has 3 aromatic carbocycles. The normalized spacial score (nSPS) is 13.6. The Hall–Kier alpha value is -1.83. The second kappa shape index (κ2) is 11.7. The summed E-state index contributed by atoms with van der Waals surface area (Å²) in [6.07, 6.45) is 0. The molecule has 1 aliphatic heterocycles. The van der Waals surface area contributed by atoms with E-state index in [2.05, 4.69) is 26.1 Å². The van der Waals surface area contributed by atoms with Gasteiger partial charge in [0.15, 0.2) is 11.5 Å². The van der Waals surface area contributed by atoms with Crippen molar-refractivity contribution in [2.45, 2.75) is 13.2 Å². The van der Waals surface area contributed by atoms with Gasteiger partial charge >= 0.3 is 0 Å². The Bertz CT molecular complexity index is 1160. The molecule has 1 saturated heterocycles. The third kappa shape index (κ3) is 6.23. The monoisotopic (exact) mass is 584 g/mol. The predicted molar refractivity (Wildman–Crippen MR) is 143 cm³/mol. The van der Waals surface area contributed by atoms with E-state index >= 15 is 0 Å². The van der Waals surface area contributed by atoms with Gasteiger partial charge in [-0.2, -0.15) is 0 Å². The van der Waals surface area contributed by atoms with E-state index in [9.17, 15) is 0 Å². The van der Waals surface area contributed by atoms with Gasteiger partial charge < -0.3 is 24.4 Å². The predicted octanol–water partition coefficient (Wildman–Crippen LogP) is 7.45. The Labute approximate surface area is 223 Å². The molecule has 0 aliphatic carbocycles. The minimum atomic E-state index is 0.331. The van der Waals surface area contributed by atoms with E-state index in [1.807, 2.05) is 36.4 Å². The second-order valence-corrected chi connectivity index (χ2v) is 9.84. The first-order chi connectivity index (χ1) is 16.4. The van der Waals surface area contributed by atoms with Crippen LogP contribution in [0.5, 0.6) is 11.5 Å². The summed E-state index contributed by atoms with van der Waals surface area (Å²) in [4.78, 5) is 2.24. The zero-order valence-corrected chi connectivity index (χ0v) is 22.4. The Kier molecular flexibility index (Phi) is 8.72. The van der Waals surface area contributed by atoms with Crippen LogP contribution in [0.2, 0.25) is 15.1 Å². The van der Waals surface area contributed by atoms with Gasteiger partial charge in [0, 0.05) is 25.3 Å². The van der Waals surface area contributed by atoms with Crippen molar-refractivity contribution in [3.8, 4) is 11.5 Å². The number of hydrogen-bond acceptors (Lipinski definition) is 5. The summed E-state index contributed by atoms with van der Waals surface area (Å²) in [5, 5.41) is 5.15. The lowest BCUT2D eigenvalue weighted by atomic mass is 10.2. The smallest absolute Gasteiger partial charge is 0.175 e. The molecule has 0 saturated carbocycles. The van der Waals surface area contributed by atoms with Crippen molar-refractivity contribution in [2.24, 2.45) is 0 Å². The maximum Gasteiger partial charge on any atom is 0.175 e. The average Bonchev–Trinajstić information content (AvgIpc) is 2.84. The fourth-order valence-corrected chi connectivity index (χ4v) is 4.91. The van der Waals surface area contributed by atoms with Crippen molar-refractivity contribution in [3.63, 3.8) is 0 Å². The van der Waals surface area contributed by atoms with Crippen molar-refractivity contribution in [1.82, 2.24) is 0 Å². The highest BCUT2D eigenvalue weighted by atomic mass is 79.9. The fourth-order valence-electron chi connectivity index (χ4n) is 3.68. The van der Waals surface area contributed by atoms with Gasteiger partial charge in [-0.25, -0.2) is 0 Å². The van der Waals surface area contributed by atoms with Crippen molar-refractivity contribution >= 4 is 62.1 Å². The van der Waals surface area contributed by atoms with Crippen LogP contribution in [0.4, 0.5) is 11.4 Å². The molecule has 1 heterocycles. The number of benzene rings is 3. The second-order valence-electron chi connectivity index (χ2n) is 7.77. The lowest BCUT2D eigenvalue weighted by Crippen LogP contribution is -2.36. The maximum atomic E-state index is 6.56. The van der Waals surface area contributed by atoms with Gasteiger partial charge in [0.05, 0.1) is 45.6 Å². The highest BCUT2D eigenvalue weighted by Crippen LogP contribution is 2.38. The van der Waals surface area contributed by atoms with E-state index in [1.54, 1.807) is 19.2 Å². The molecule has 0 radical (unpaired) electrons. The molecule has 1 N–H and O–H groups in total. The molecular weight excluding hydrogens is 563 g/mol. The van der Waals surface area contributed by atoms with E-state index in [4.69, 9.17) is 49.0 Å². The molecule has 0 spiro atoms. The molecule has 1 fully saturated rings. The topological polar surface area (TPSA) is 43.0 Å². The van der Waals surface area contributed by atoms with Crippen molar-refractivity contribution in [3.05, 3.63) is 79.2 Å². The van der Waals surface area contributed by atoms with Crippen LogP contribution in [0.25, 0.3) is 0 Å². The minimum absolute atomic E-state index is 0.331. The highest BCUT2D eigenvalue weighted by Gasteiger charge is 2.15. The van der Waals surface area contributed by atoms with Crippen molar-refractivity contribution in [2.75, 3.05) is 43.6 Å². The van der Waals surface area contributed by atoms with E-state index in [1.165, 1.54) is 0 Å².